The van der Waals surface area contributed by atoms with Crippen LogP contribution < -0.4 is 4.90 Å². The molecular formula is C17H23N5O3. The Morgan fingerprint density at radius 2 is 2.16 bits per heavy atom. The van der Waals surface area contributed by atoms with Crippen LogP contribution in [-0.2, 0) is 4.74 Å². The number of amides is 1. The number of rotatable bonds is 4. The summed E-state index contributed by atoms with van der Waals surface area (Å²) in [4.78, 5) is 20.9. The first-order valence-corrected chi connectivity index (χ1v) is 8.32. The van der Waals surface area contributed by atoms with Gasteiger partial charge in [0, 0.05) is 38.4 Å². The Labute approximate surface area is 146 Å². The fourth-order valence-corrected chi connectivity index (χ4v) is 2.63. The molecule has 0 N–H and O–H groups in total. The van der Waals surface area contributed by atoms with Crippen molar-refractivity contribution in [2.75, 3.05) is 38.8 Å². The number of morpholine rings is 1. The van der Waals surface area contributed by atoms with E-state index < -0.39 is 6.04 Å². The highest BCUT2D eigenvalue weighted by Gasteiger charge is 2.34. The summed E-state index contributed by atoms with van der Waals surface area (Å²) in [6, 6.07) is 3.24. The van der Waals surface area contributed by atoms with Crippen molar-refractivity contribution < 1.29 is 13.9 Å². The second kappa shape index (κ2) is 7.18. The lowest BCUT2D eigenvalue weighted by Crippen LogP contribution is -2.43. The molecule has 0 aliphatic carbocycles. The van der Waals surface area contributed by atoms with Crippen LogP contribution in [0.25, 0.3) is 0 Å². The normalized spacial score (nSPS) is 17.8. The van der Waals surface area contributed by atoms with Crippen molar-refractivity contribution >= 4 is 11.6 Å². The first-order chi connectivity index (χ1) is 12.0. The summed E-state index contributed by atoms with van der Waals surface area (Å²) in [5, 5.41) is 8.18. The number of hydrogen-bond donors (Lipinski definition) is 0. The van der Waals surface area contributed by atoms with Gasteiger partial charge in [0.25, 0.3) is 5.91 Å². The molecule has 0 bridgehead atoms. The van der Waals surface area contributed by atoms with Crippen LogP contribution in [0.3, 0.4) is 0 Å². The van der Waals surface area contributed by atoms with Gasteiger partial charge in [-0.2, -0.15) is 0 Å². The van der Waals surface area contributed by atoms with Gasteiger partial charge in [-0.15, -0.1) is 10.2 Å². The Morgan fingerprint density at radius 1 is 1.36 bits per heavy atom. The van der Waals surface area contributed by atoms with Gasteiger partial charge in [-0.25, -0.2) is 0 Å². The van der Waals surface area contributed by atoms with Crippen LogP contribution in [0.1, 0.15) is 48.1 Å². The van der Waals surface area contributed by atoms with Crippen LogP contribution >= 0.6 is 0 Å². The Kier molecular flexibility index (Phi) is 4.98. The first kappa shape index (κ1) is 17.3. The van der Waals surface area contributed by atoms with E-state index in [1.54, 1.807) is 17.2 Å². The maximum atomic E-state index is 13.0. The fraction of sp³-hybridized carbons (Fsp3) is 0.529. The predicted molar refractivity (Wildman–Crippen MR) is 91.5 cm³/mol. The van der Waals surface area contributed by atoms with E-state index in [2.05, 4.69) is 15.2 Å². The molecule has 1 aliphatic rings. The Morgan fingerprint density at radius 3 is 2.84 bits per heavy atom. The molecule has 134 valence electrons. The Balaban J connectivity index is 1.87. The second-order valence-electron chi connectivity index (χ2n) is 6.52. The van der Waals surface area contributed by atoms with Crippen molar-refractivity contribution in [3.63, 3.8) is 0 Å². The topological polar surface area (TPSA) is 84.6 Å². The molecule has 1 amide bonds. The number of hydrogen-bond acceptors (Lipinski definition) is 7. The van der Waals surface area contributed by atoms with Gasteiger partial charge < -0.3 is 19.0 Å². The van der Waals surface area contributed by atoms with Crippen molar-refractivity contribution in [1.82, 2.24) is 20.1 Å². The minimum atomic E-state index is -0.397. The molecule has 2 aromatic heterocycles. The van der Waals surface area contributed by atoms with Crippen LogP contribution in [0.4, 0.5) is 5.69 Å². The third kappa shape index (κ3) is 3.63. The van der Waals surface area contributed by atoms with E-state index in [1.165, 1.54) is 0 Å². The molecule has 0 radical (unpaired) electrons. The maximum absolute atomic E-state index is 13.0. The summed E-state index contributed by atoms with van der Waals surface area (Å²) in [5.41, 5.74) is 1.31. The highest BCUT2D eigenvalue weighted by Crippen LogP contribution is 2.26. The molecule has 3 rings (SSSR count). The molecule has 8 heteroatoms. The largest absolute Gasteiger partial charge is 0.423 e. The highest BCUT2D eigenvalue weighted by molar-refractivity contribution is 5.93. The maximum Gasteiger partial charge on any atom is 0.273 e. The molecule has 0 spiro atoms. The molecule has 1 aliphatic heterocycles. The van der Waals surface area contributed by atoms with Gasteiger partial charge in [0.1, 0.15) is 11.7 Å². The lowest BCUT2D eigenvalue weighted by Gasteiger charge is -2.33. The molecule has 0 aromatic carbocycles. The van der Waals surface area contributed by atoms with Crippen LogP contribution in [0.5, 0.6) is 0 Å². The molecule has 2 aromatic rings. The zero-order valence-electron chi connectivity index (χ0n) is 15.0. The van der Waals surface area contributed by atoms with Crippen LogP contribution in [0, 0.1) is 0 Å². The summed E-state index contributed by atoms with van der Waals surface area (Å²) in [6.07, 6.45) is 1.64. The van der Waals surface area contributed by atoms with Gasteiger partial charge in [0.05, 0.1) is 13.2 Å². The van der Waals surface area contributed by atoms with Crippen molar-refractivity contribution in [2.24, 2.45) is 0 Å². The zero-order valence-corrected chi connectivity index (χ0v) is 15.0. The quantitative estimate of drug-likeness (QED) is 0.836. The Bertz CT molecular complexity index is 743. The summed E-state index contributed by atoms with van der Waals surface area (Å²) < 4.78 is 11.3. The van der Waals surface area contributed by atoms with E-state index in [0.717, 1.165) is 5.69 Å². The molecule has 0 unspecified atom stereocenters. The van der Waals surface area contributed by atoms with Gasteiger partial charge in [-0.3, -0.25) is 9.78 Å². The van der Waals surface area contributed by atoms with E-state index in [4.69, 9.17) is 9.15 Å². The summed E-state index contributed by atoms with van der Waals surface area (Å²) in [7, 11) is 3.85. The molecule has 3 heterocycles. The summed E-state index contributed by atoms with van der Waals surface area (Å²) in [6.45, 7) is 5.22. The van der Waals surface area contributed by atoms with Crippen molar-refractivity contribution in [1.29, 1.82) is 0 Å². The van der Waals surface area contributed by atoms with Crippen LogP contribution in [0.15, 0.2) is 22.7 Å². The summed E-state index contributed by atoms with van der Waals surface area (Å²) >= 11 is 0. The van der Waals surface area contributed by atoms with Gasteiger partial charge in [-0.05, 0) is 12.1 Å². The van der Waals surface area contributed by atoms with E-state index in [1.807, 2.05) is 38.9 Å². The van der Waals surface area contributed by atoms with Crippen LogP contribution in [0.2, 0.25) is 0 Å². The van der Waals surface area contributed by atoms with Gasteiger partial charge in [0.2, 0.25) is 11.8 Å². The van der Waals surface area contributed by atoms with Gasteiger partial charge >= 0.3 is 0 Å². The molecular weight excluding hydrogens is 322 g/mol. The minimum absolute atomic E-state index is 0.133. The predicted octanol–water partition coefficient (Wildman–Crippen LogP) is 1.87. The smallest absolute Gasteiger partial charge is 0.273 e. The van der Waals surface area contributed by atoms with Crippen molar-refractivity contribution in [2.45, 2.75) is 25.8 Å². The number of ether oxygens (including phenoxy) is 1. The first-order valence-electron chi connectivity index (χ1n) is 8.32. The summed E-state index contributed by atoms with van der Waals surface area (Å²) in [5.74, 6) is 0.927. The minimum Gasteiger partial charge on any atom is -0.423 e. The average Bonchev–Trinajstić information content (AvgIpc) is 3.11. The van der Waals surface area contributed by atoms with Gasteiger partial charge in [0.15, 0.2) is 0 Å². The van der Waals surface area contributed by atoms with E-state index in [0.29, 0.717) is 37.2 Å². The number of anilines is 1. The van der Waals surface area contributed by atoms with Crippen molar-refractivity contribution in [3.8, 4) is 0 Å². The number of nitrogens with zero attached hydrogens (tertiary/aromatic N) is 5. The molecule has 1 saturated heterocycles. The number of carbonyl (C=O) groups is 1. The van der Waals surface area contributed by atoms with Gasteiger partial charge in [-0.1, -0.05) is 13.8 Å². The second-order valence-corrected chi connectivity index (χ2v) is 6.52. The van der Waals surface area contributed by atoms with E-state index >= 15 is 0 Å². The van der Waals surface area contributed by atoms with E-state index in [-0.39, 0.29) is 11.8 Å². The zero-order chi connectivity index (χ0) is 18.0. The number of pyridine rings is 1. The highest BCUT2D eigenvalue weighted by atomic mass is 16.5. The van der Waals surface area contributed by atoms with E-state index in [9.17, 15) is 4.79 Å². The van der Waals surface area contributed by atoms with Crippen molar-refractivity contribution in [3.05, 3.63) is 35.8 Å². The molecule has 1 atom stereocenters. The monoisotopic (exact) mass is 345 g/mol. The lowest BCUT2D eigenvalue weighted by molar-refractivity contribution is -0.0110. The fourth-order valence-electron chi connectivity index (χ4n) is 2.63. The standard InChI is InChI=1S/C17H23N5O3/c1-11(2)15-19-20-16(25-15)14-10-24-8-7-22(14)17(23)13-9-12(21(3)4)5-6-18-13/h5-6,9,11,14H,7-8,10H2,1-4H3/t14-/m1/s1. The third-order valence-electron chi connectivity index (χ3n) is 4.10. The third-order valence-corrected chi connectivity index (χ3v) is 4.10. The molecule has 25 heavy (non-hydrogen) atoms. The lowest BCUT2D eigenvalue weighted by atomic mass is 10.2. The van der Waals surface area contributed by atoms with Crippen LogP contribution in [-0.4, -0.2) is 59.8 Å². The number of carbonyl (C=O) groups excluding carboxylic acids is 1. The molecule has 0 saturated carbocycles. The SMILES string of the molecule is CC(C)c1nnc([C@H]2COCCN2C(=O)c2cc(N(C)C)ccn2)o1. The Hall–Kier alpha value is -2.48. The molecule has 8 nitrogen and oxygen atoms in total. The average molecular weight is 345 g/mol. The number of aromatic nitrogens is 3. The molecule has 1 fully saturated rings.